The van der Waals surface area contributed by atoms with Crippen molar-refractivity contribution in [3.05, 3.63) is 51.7 Å². The van der Waals surface area contributed by atoms with Crippen LogP contribution in [0.25, 0.3) is 10.2 Å². The normalized spacial score (nSPS) is 14.9. The smallest absolute Gasteiger partial charge is 0.276 e. The molecule has 0 aliphatic carbocycles. The number of thiazole rings is 1. The number of rotatable bonds is 6. The molecule has 4 rings (SSSR count). The van der Waals surface area contributed by atoms with E-state index in [0.717, 1.165) is 43.1 Å². The maximum Gasteiger partial charge on any atom is 0.276 e. The molecule has 1 aromatic carbocycles. The predicted molar refractivity (Wildman–Crippen MR) is 116 cm³/mol. The van der Waals surface area contributed by atoms with Crippen LogP contribution in [0, 0.1) is 0 Å². The van der Waals surface area contributed by atoms with Crippen LogP contribution in [0.5, 0.6) is 0 Å². The SMILES string of the molecule is CSCc1nc(C(=O)Nc2nc3ccc(CN4CCOCC4)cc3s2)cc(=O)[nH]1. The average molecular weight is 432 g/mol. The Morgan fingerprint density at radius 2 is 2.14 bits per heavy atom. The number of nitrogens with zero attached hydrogens (tertiary/aromatic N) is 3. The number of H-pyrrole nitrogens is 1. The van der Waals surface area contributed by atoms with Gasteiger partial charge in [-0.1, -0.05) is 17.4 Å². The Bertz CT molecular complexity index is 1080. The van der Waals surface area contributed by atoms with Gasteiger partial charge in [0.2, 0.25) is 0 Å². The Hall–Kier alpha value is -2.27. The molecule has 3 aromatic rings. The van der Waals surface area contributed by atoms with Gasteiger partial charge in [-0.05, 0) is 24.0 Å². The lowest BCUT2D eigenvalue weighted by molar-refractivity contribution is 0.0342. The van der Waals surface area contributed by atoms with E-state index < -0.39 is 5.91 Å². The maximum atomic E-state index is 12.5. The van der Waals surface area contributed by atoms with Gasteiger partial charge in [0, 0.05) is 25.7 Å². The van der Waals surface area contributed by atoms with Crippen LogP contribution in [0.3, 0.4) is 0 Å². The molecule has 0 spiro atoms. The van der Waals surface area contributed by atoms with E-state index in [-0.39, 0.29) is 11.3 Å². The standard InChI is InChI=1S/C19H21N5O3S2/c1-28-11-16-20-14(9-17(25)22-16)18(26)23-19-21-13-3-2-12(8-15(13)29-19)10-24-4-6-27-7-5-24/h2-3,8-9H,4-7,10-11H2,1H3,(H,20,22,25)(H,21,23,26). The van der Waals surface area contributed by atoms with Gasteiger partial charge in [-0.15, -0.1) is 0 Å². The molecule has 2 aromatic heterocycles. The third kappa shape index (κ3) is 5.02. The Balaban J connectivity index is 1.49. The molecule has 0 saturated carbocycles. The van der Waals surface area contributed by atoms with Gasteiger partial charge >= 0.3 is 0 Å². The summed E-state index contributed by atoms with van der Waals surface area (Å²) >= 11 is 2.93. The van der Waals surface area contributed by atoms with Gasteiger partial charge in [0.25, 0.3) is 11.5 Å². The number of fused-ring (bicyclic) bond motifs is 1. The Kier molecular flexibility index (Phi) is 6.24. The monoisotopic (exact) mass is 431 g/mol. The lowest BCUT2D eigenvalue weighted by atomic mass is 10.2. The van der Waals surface area contributed by atoms with Gasteiger partial charge in [0.15, 0.2) is 5.13 Å². The molecule has 2 N–H and O–H groups in total. The van der Waals surface area contributed by atoms with Crippen molar-refractivity contribution in [3.8, 4) is 0 Å². The van der Waals surface area contributed by atoms with Crippen LogP contribution < -0.4 is 10.9 Å². The van der Waals surface area contributed by atoms with Crippen LogP contribution in [-0.2, 0) is 17.0 Å². The van der Waals surface area contributed by atoms with Crippen molar-refractivity contribution in [2.45, 2.75) is 12.3 Å². The summed E-state index contributed by atoms with van der Waals surface area (Å²) in [4.78, 5) is 38.0. The molecule has 1 aliphatic heterocycles. The highest BCUT2D eigenvalue weighted by molar-refractivity contribution is 7.97. The number of benzene rings is 1. The van der Waals surface area contributed by atoms with Gasteiger partial charge in [0.05, 0.1) is 29.2 Å². The molecule has 1 fully saturated rings. The molecular formula is C19H21N5O3S2. The molecule has 1 saturated heterocycles. The molecule has 0 bridgehead atoms. The van der Waals surface area contributed by atoms with E-state index in [1.165, 1.54) is 34.7 Å². The number of hydrogen-bond acceptors (Lipinski definition) is 8. The zero-order valence-electron chi connectivity index (χ0n) is 15.9. The molecule has 1 aliphatic rings. The van der Waals surface area contributed by atoms with Gasteiger partial charge in [-0.25, -0.2) is 9.97 Å². The van der Waals surface area contributed by atoms with Gasteiger partial charge in [0.1, 0.15) is 11.5 Å². The summed E-state index contributed by atoms with van der Waals surface area (Å²) in [6, 6.07) is 7.35. The number of thioether (sulfide) groups is 1. The van der Waals surface area contributed by atoms with E-state index in [9.17, 15) is 9.59 Å². The van der Waals surface area contributed by atoms with Crippen molar-refractivity contribution in [1.29, 1.82) is 0 Å². The predicted octanol–water partition coefficient (Wildman–Crippen LogP) is 2.33. The lowest BCUT2D eigenvalue weighted by Crippen LogP contribution is -2.35. The number of hydrogen-bond donors (Lipinski definition) is 2. The fourth-order valence-electron chi connectivity index (χ4n) is 3.13. The maximum absolute atomic E-state index is 12.5. The quantitative estimate of drug-likeness (QED) is 0.618. The first kappa shape index (κ1) is 20.0. The lowest BCUT2D eigenvalue weighted by Gasteiger charge is -2.26. The summed E-state index contributed by atoms with van der Waals surface area (Å²) in [6.45, 7) is 4.28. The minimum Gasteiger partial charge on any atom is -0.379 e. The van der Waals surface area contributed by atoms with Gasteiger partial charge in [-0.2, -0.15) is 11.8 Å². The molecule has 3 heterocycles. The van der Waals surface area contributed by atoms with Crippen molar-refractivity contribution in [2.24, 2.45) is 0 Å². The highest BCUT2D eigenvalue weighted by Crippen LogP contribution is 2.27. The molecule has 0 unspecified atom stereocenters. The second-order valence-electron chi connectivity index (χ2n) is 6.67. The molecule has 10 heteroatoms. The first-order valence-electron chi connectivity index (χ1n) is 9.21. The number of amides is 1. The van der Waals surface area contributed by atoms with Crippen molar-refractivity contribution in [3.63, 3.8) is 0 Å². The third-order valence-corrected chi connectivity index (χ3v) is 5.98. The number of carbonyl (C=O) groups is 1. The topological polar surface area (TPSA) is 100 Å². The van der Waals surface area contributed by atoms with E-state index in [0.29, 0.717) is 16.7 Å². The zero-order chi connectivity index (χ0) is 20.2. The van der Waals surface area contributed by atoms with Crippen LogP contribution >= 0.6 is 23.1 Å². The Morgan fingerprint density at radius 1 is 1.31 bits per heavy atom. The summed E-state index contributed by atoms with van der Waals surface area (Å²) in [5.41, 5.74) is 1.79. The number of carbonyl (C=O) groups excluding carboxylic acids is 1. The number of ether oxygens (including phenoxy) is 1. The molecule has 152 valence electrons. The number of aromatic nitrogens is 3. The van der Waals surface area contributed by atoms with E-state index in [1.54, 1.807) is 0 Å². The number of anilines is 1. The Morgan fingerprint density at radius 3 is 2.93 bits per heavy atom. The Labute approximate surface area is 175 Å². The van der Waals surface area contributed by atoms with Crippen LogP contribution in [0.15, 0.2) is 29.1 Å². The molecular weight excluding hydrogens is 410 g/mol. The second-order valence-corrected chi connectivity index (χ2v) is 8.57. The highest BCUT2D eigenvalue weighted by Gasteiger charge is 2.15. The number of morpholine rings is 1. The van der Waals surface area contributed by atoms with E-state index >= 15 is 0 Å². The largest absolute Gasteiger partial charge is 0.379 e. The summed E-state index contributed by atoms with van der Waals surface area (Å²) in [7, 11) is 0. The first-order chi connectivity index (χ1) is 14.1. The highest BCUT2D eigenvalue weighted by atomic mass is 32.2. The summed E-state index contributed by atoms with van der Waals surface area (Å²) in [5, 5.41) is 3.25. The zero-order valence-corrected chi connectivity index (χ0v) is 17.6. The second kappa shape index (κ2) is 9.04. The summed E-state index contributed by atoms with van der Waals surface area (Å²) < 4.78 is 6.40. The number of nitrogens with one attached hydrogen (secondary N) is 2. The van der Waals surface area contributed by atoms with Crippen molar-refractivity contribution >= 4 is 44.4 Å². The third-order valence-electron chi connectivity index (χ3n) is 4.49. The van der Waals surface area contributed by atoms with Crippen LogP contribution in [0.2, 0.25) is 0 Å². The summed E-state index contributed by atoms with van der Waals surface area (Å²) in [6.07, 6.45) is 1.90. The minimum atomic E-state index is -0.439. The van der Waals surface area contributed by atoms with E-state index in [2.05, 4.69) is 37.3 Å². The first-order valence-corrected chi connectivity index (χ1v) is 11.4. The van der Waals surface area contributed by atoms with E-state index in [4.69, 9.17) is 4.74 Å². The molecule has 0 radical (unpaired) electrons. The van der Waals surface area contributed by atoms with Crippen molar-refractivity contribution in [2.75, 3.05) is 37.9 Å². The minimum absolute atomic E-state index is 0.0880. The molecule has 29 heavy (non-hydrogen) atoms. The van der Waals surface area contributed by atoms with Crippen molar-refractivity contribution in [1.82, 2.24) is 19.9 Å². The molecule has 8 nitrogen and oxygen atoms in total. The van der Waals surface area contributed by atoms with Crippen molar-refractivity contribution < 1.29 is 9.53 Å². The summed E-state index contributed by atoms with van der Waals surface area (Å²) in [5.74, 6) is 0.571. The fourth-order valence-corrected chi connectivity index (χ4v) is 4.46. The number of aromatic amines is 1. The van der Waals surface area contributed by atoms with Crippen LogP contribution in [0.1, 0.15) is 21.9 Å². The van der Waals surface area contributed by atoms with Crippen LogP contribution in [0.4, 0.5) is 5.13 Å². The molecule has 1 amide bonds. The van der Waals surface area contributed by atoms with Crippen LogP contribution in [-0.4, -0.2) is 58.3 Å². The molecule has 0 atom stereocenters. The fraction of sp³-hybridized carbons (Fsp3) is 0.368. The average Bonchev–Trinajstić information content (AvgIpc) is 3.10. The van der Waals surface area contributed by atoms with Gasteiger partial charge < -0.3 is 9.72 Å². The van der Waals surface area contributed by atoms with Gasteiger partial charge in [-0.3, -0.25) is 19.8 Å². The van der Waals surface area contributed by atoms with E-state index in [1.807, 2.05) is 12.3 Å².